The summed E-state index contributed by atoms with van der Waals surface area (Å²) in [6.07, 6.45) is 4.04. The van der Waals surface area contributed by atoms with E-state index in [1.54, 1.807) is 6.08 Å². The van der Waals surface area contributed by atoms with Crippen LogP contribution in [0.15, 0.2) is 11.6 Å². The number of hydrogen-bond donors (Lipinski definition) is 2. The Bertz CT molecular complexity index is 1060. The van der Waals surface area contributed by atoms with Crippen LogP contribution in [-0.4, -0.2) is 61.4 Å². The molecule has 196 valence electrons. The number of carbonyl (C=O) groups excluding carboxylic acids is 2. The lowest BCUT2D eigenvalue weighted by molar-refractivity contribution is -0.187. The van der Waals surface area contributed by atoms with Gasteiger partial charge in [-0.1, -0.05) is 19.4 Å². The van der Waals surface area contributed by atoms with Crippen molar-refractivity contribution in [3.05, 3.63) is 11.6 Å². The molecule has 2 unspecified atom stereocenters. The lowest BCUT2D eigenvalue weighted by Crippen LogP contribution is -2.63. The molecule has 0 spiro atoms. The molecule has 0 bridgehead atoms. The molecule has 10 heteroatoms. The molecule has 8 atom stereocenters. The predicted octanol–water partition coefficient (Wildman–Crippen LogP) is 2.47. The molecule has 35 heavy (non-hydrogen) atoms. The average Bonchev–Trinajstić information content (AvgIpc) is 3.01. The van der Waals surface area contributed by atoms with E-state index in [0.717, 1.165) is 11.8 Å². The second kappa shape index (κ2) is 8.66. The molecule has 9 nitrogen and oxygen atoms in total. The maximum atomic E-state index is 12.6. The molecular formula is C25H36O9S. The fourth-order valence-electron chi connectivity index (χ4n) is 8.12. The van der Waals surface area contributed by atoms with Crippen molar-refractivity contribution in [2.75, 3.05) is 13.4 Å². The molecule has 0 aromatic carbocycles. The van der Waals surface area contributed by atoms with E-state index in [1.807, 2.05) is 13.8 Å². The molecule has 0 amide bonds. The van der Waals surface area contributed by atoms with Crippen molar-refractivity contribution in [3.63, 3.8) is 0 Å². The number of ether oxygens (including phenoxy) is 1. The number of aliphatic hydroxyl groups is 1. The summed E-state index contributed by atoms with van der Waals surface area (Å²) in [5.41, 5.74) is -1.97. The number of allylic oxidation sites excluding steroid dienone is 1. The predicted molar refractivity (Wildman–Crippen MR) is 125 cm³/mol. The Morgan fingerprint density at radius 2 is 1.91 bits per heavy atom. The Morgan fingerprint density at radius 3 is 2.51 bits per heavy atom. The summed E-state index contributed by atoms with van der Waals surface area (Å²) in [7, 11) is -2.61. The molecule has 0 aliphatic heterocycles. The second-order valence-corrected chi connectivity index (χ2v) is 13.1. The molecule has 0 aromatic heterocycles. The Labute approximate surface area is 206 Å². The second-order valence-electron chi connectivity index (χ2n) is 11.5. The number of esters is 1. The van der Waals surface area contributed by atoms with Gasteiger partial charge in [0, 0.05) is 18.3 Å². The minimum absolute atomic E-state index is 0.01000. The summed E-state index contributed by atoms with van der Waals surface area (Å²) in [5.74, 6) is -3.39. The molecule has 3 fully saturated rings. The van der Waals surface area contributed by atoms with Crippen LogP contribution in [0.1, 0.15) is 65.2 Å². The summed E-state index contributed by atoms with van der Waals surface area (Å²) < 4.78 is 35.2. The van der Waals surface area contributed by atoms with Crippen LogP contribution < -0.4 is 0 Å². The van der Waals surface area contributed by atoms with Gasteiger partial charge in [-0.15, -0.1) is 0 Å². The van der Waals surface area contributed by atoms with E-state index < -0.39 is 62.3 Å². The van der Waals surface area contributed by atoms with Crippen molar-refractivity contribution in [3.8, 4) is 0 Å². The topological polar surface area (TPSA) is 144 Å². The standard InChI is InChI=1S/C25H36O9S/c1-23-8-5-15(26)11-14(23)12-16(22(28)29)20-17-6-9-25(30,10-7-19(27)33-3)24(17,2)13-18(21(20)23)34-35(4,31)32/h11,16-18,20-21,30H,5-10,12-13H2,1-4H3,(H,28,29)/t16?,17-,18?,20-,21-,23-,24-,25-/m0/s1. The highest BCUT2D eigenvalue weighted by atomic mass is 32.2. The first-order chi connectivity index (χ1) is 16.1. The lowest BCUT2D eigenvalue weighted by atomic mass is 9.43. The summed E-state index contributed by atoms with van der Waals surface area (Å²) in [5, 5.41) is 22.1. The zero-order valence-electron chi connectivity index (χ0n) is 20.8. The fourth-order valence-corrected chi connectivity index (χ4v) is 8.76. The first-order valence-electron chi connectivity index (χ1n) is 12.3. The van der Waals surface area contributed by atoms with Gasteiger partial charge in [-0.3, -0.25) is 18.6 Å². The molecule has 2 N–H and O–H groups in total. The Kier molecular flexibility index (Phi) is 6.50. The minimum atomic E-state index is -3.90. The monoisotopic (exact) mass is 512 g/mol. The van der Waals surface area contributed by atoms with Crippen LogP contribution in [0.2, 0.25) is 0 Å². The third kappa shape index (κ3) is 4.25. The van der Waals surface area contributed by atoms with Gasteiger partial charge >= 0.3 is 11.9 Å². The Hall–Kier alpha value is -1.78. The maximum absolute atomic E-state index is 12.6. The average molecular weight is 513 g/mol. The smallest absolute Gasteiger partial charge is 0.307 e. The van der Waals surface area contributed by atoms with Crippen molar-refractivity contribution < 1.29 is 41.9 Å². The molecular weight excluding hydrogens is 476 g/mol. The highest BCUT2D eigenvalue weighted by Crippen LogP contribution is 2.69. The maximum Gasteiger partial charge on any atom is 0.307 e. The summed E-state index contributed by atoms with van der Waals surface area (Å²) in [6.45, 7) is 3.88. The van der Waals surface area contributed by atoms with Gasteiger partial charge in [0.25, 0.3) is 10.1 Å². The van der Waals surface area contributed by atoms with Crippen LogP contribution in [-0.2, 0) is 33.4 Å². The number of carboxylic acid groups (broad SMARTS) is 1. The number of fused-ring (bicyclic) bond motifs is 5. The van der Waals surface area contributed by atoms with E-state index in [9.17, 15) is 33.0 Å². The number of hydrogen-bond acceptors (Lipinski definition) is 8. The van der Waals surface area contributed by atoms with E-state index in [-0.39, 0.29) is 37.4 Å². The first kappa shape index (κ1) is 26.3. The fraction of sp³-hybridized carbons (Fsp3) is 0.800. The number of aliphatic carboxylic acids is 1. The van der Waals surface area contributed by atoms with E-state index >= 15 is 0 Å². The highest BCUT2D eigenvalue weighted by Gasteiger charge is 2.69. The molecule has 4 rings (SSSR count). The van der Waals surface area contributed by atoms with Crippen LogP contribution in [0.5, 0.6) is 0 Å². The number of methoxy groups -OCH3 is 1. The molecule has 4 aliphatic rings. The van der Waals surface area contributed by atoms with Crippen molar-refractivity contribution in [1.82, 2.24) is 0 Å². The normalized spacial score (nSPS) is 42.9. The largest absolute Gasteiger partial charge is 0.481 e. The van der Waals surface area contributed by atoms with Gasteiger partial charge in [0.15, 0.2) is 5.78 Å². The van der Waals surface area contributed by atoms with E-state index in [1.165, 1.54) is 7.11 Å². The molecule has 4 aliphatic carbocycles. The van der Waals surface area contributed by atoms with Crippen LogP contribution in [0.3, 0.4) is 0 Å². The van der Waals surface area contributed by atoms with Crippen molar-refractivity contribution in [1.29, 1.82) is 0 Å². The minimum Gasteiger partial charge on any atom is -0.481 e. The van der Waals surface area contributed by atoms with E-state index in [0.29, 0.717) is 25.7 Å². The summed E-state index contributed by atoms with van der Waals surface area (Å²) in [6, 6.07) is 0. The third-order valence-electron chi connectivity index (χ3n) is 9.84. The first-order valence-corrected chi connectivity index (χ1v) is 14.1. The third-order valence-corrected chi connectivity index (χ3v) is 10.4. The quantitative estimate of drug-likeness (QED) is 0.405. The molecule has 3 saturated carbocycles. The molecule has 0 saturated heterocycles. The summed E-state index contributed by atoms with van der Waals surface area (Å²) >= 11 is 0. The number of rotatable bonds is 6. The van der Waals surface area contributed by atoms with Gasteiger partial charge in [0.1, 0.15) is 0 Å². The number of carboxylic acids is 1. The zero-order valence-corrected chi connectivity index (χ0v) is 21.6. The SMILES string of the molecule is COC(=O)CC[C@@]1(O)CC[C@H]2[C@@H]3C(C(=O)O)CC4=CC(=O)CC[C@]4(C)[C@H]3C(OS(C)(=O)=O)C[C@@]21C. The molecule has 0 heterocycles. The highest BCUT2D eigenvalue weighted by molar-refractivity contribution is 7.86. The zero-order chi connectivity index (χ0) is 26.0. The molecule has 0 aromatic rings. The van der Waals surface area contributed by atoms with E-state index in [4.69, 9.17) is 8.92 Å². The van der Waals surface area contributed by atoms with Crippen molar-refractivity contribution in [2.24, 2.45) is 34.5 Å². The van der Waals surface area contributed by atoms with Crippen LogP contribution in [0.4, 0.5) is 0 Å². The van der Waals surface area contributed by atoms with Gasteiger partial charge in [-0.25, -0.2) is 0 Å². The van der Waals surface area contributed by atoms with Gasteiger partial charge in [-0.2, -0.15) is 8.42 Å². The van der Waals surface area contributed by atoms with Crippen LogP contribution in [0, 0.1) is 34.5 Å². The lowest BCUT2D eigenvalue weighted by Gasteiger charge is -2.62. The van der Waals surface area contributed by atoms with Gasteiger partial charge < -0.3 is 14.9 Å². The van der Waals surface area contributed by atoms with Crippen LogP contribution >= 0.6 is 0 Å². The number of ketones is 1. The van der Waals surface area contributed by atoms with Gasteiger partial charge in [0.05, 0.1) is 31.0 Å². The Morgan fingerprint density at radius 1 is 1.23 bits per heavy atom. The summed E-state index contributed by atoms with van der Waals surface area (Å²) in [4.78, 5) is 36.7. The van der Waals surface area contributed by atoms with Crippen molar-refractivity contribution in [2.45, 2.75) is 76.9 Å². The van der Waals surface area contributed by atoms with Crippen LogP contribution in [0.25, 0.3) is 0 Å². The van der Waals surface area contributed by atoms with Gasteiger partial charge in [0.2, 0.25) is 0 Å². The molecule has 0 radical (unpaired) electrons. The van der Waals surface area contributed by atoms with Gasteiger partial charge in [-0.05, 0) is 67.8 Å². The van der Waals surface area contributed by atoms with E-state index in [2.05, 4.69) is 0 Å². The Balaban J connectivity index is 1.84. The number of carbonyl (C=O) groups is 3. The van der Waals surface area contributed by atoms with Crippen molar-refractivity contribution >= 4 is 27.8 Å².